The first-order valence-electron chi connectivity index (χ1n) is 11.4. The lowest BCUT2D eigenvalue weighted by Gasteiger charge is -2.08. The maximum Gasteiger partial charge on any atom is 0.159 e. The van der Waals surface area contributed by atoms with Crippen LogP contribution in [0.25, 0.3) is 11.1 Å². The molecule has 0 atom stereocenters. The van der Waals surface area contributed by atoms with Gasteiger partial charge in [0.15, 0.2) is 11.6 Å². The van der Waals surface area contributed by atoms with Crippen LogP contribution in [-0.4, -0.2) is 0 Å². The van der Waals surface area contributed by atoms with Gasteiger partial charge in [0, 0.05) is 5.56 Å². The van der Waals surface area contributed by atoms with Gasteiger partial charge in [-0.1, -0.05) is 56.4 Å². The van der Waals surface area contributed by atoms with E-state index in [1.54, 1.807) is 6.07 Å². The largest absolute Gasteiger partial charge is 0.206 e. The summed E-state index contributed by atoms with van der Waals surface area (Å²) in [6, 6.07) is 15.0. The summed E-state index contributed by atoms with van der Waals surface area (Å²) < 4.78 is 54.5. The Labute approximate surface area is 192 Å². The van der Waals surface area contributed by atoms with Crippen LogP contribution in [0, 0.1) is 34.6 Å². The maximum atomic E-state index is 14.4. The van der Waals surface area contributed by atoms with E-state index in [1.165, 1.54) is 24.3 Å². The van der Waals surface area contributed by atoms with Crippen LogP contribution in [0.5, 0.6) is 0 Å². The topological polar surface area (TPSA) is 23.8 Å². The number of hydrogen-bond donors (Lipinski definition) is 0. The Bertz CT molecular complexity index is 1120. The average molecular weight is 454 g/mol. The van der Waals surface area contributed by atoms with Crippen LogP contribution in [0.2, 0.25) is 0 Å². The number of rotatable bonds is 11. The maximum absolute atomic E-state index is 14.4. The number of benzene rings is 3. The molecule has 0 saturated carbocycles. The molecule has 0 bridgehead atoms. The molecular formula is C28H27F4N. The minimum absolute atomic E-state index is 0.0840. The number of nitrogens with zero attached hydrogens (tertiary/aromatic N) is 1. The Kier molecular flexibility index (Phi) is 9.06. The molecule has 0 aliphatic rings. The van der Waals surface area contributed by atoms with Crippen LogP contribution < -0.4 is 0 Å². The van der Waals surface area contributed by atoms with E-state index in [0.717, 1.165) is 81.0 Å². The molecule has 5 heteroatoms. The van der Waals surface area contributed by atoms with Crippen molar-refractivity contribution in [1.29, 1.82) is 5.26 Å². The van der Waals surface area contributed by atoms with Crippen molar-refractivity contribution >= 4 is 0 Å². The zero-order valence-corrected chi connectivity index (χ0v) is 18.5. The fourth-order valence-electron chi connectivity index (χ4n) is 3.96. The molecule has 0 spiro atoms. The van der Waals surface area contributed by atoms with Crippen molar-refractivity contribution in [3.63, 3.8) is 0 Å². The molecule has 0 aliphatic carbocycles. The third-order valence-electron chi connectivity index (χ3n) is 5.85. The lowest BCUT2D eigenvalue weighted by Crippen LogP contribution is -1.92. The highest BCUT2D eigenvalue weighted by Gasteiger charge is 2.10. The molecule has 172 valence electrons. The molecule has 0 saturated heterocycles. The van der Waals surface area contributed by atoms with Crippen molar-refractivity contribution in [2.24, 2.45) is 0 Å². The Morgan fingerprint density at radius 1 is 0.545 bits per heavy atom. The number of halogens is 4. The molecule has 0 aromatic heterocycles. The second kappa shape index (κ2) is 12.2. The second-order valence-electron chi connectivity index (χ2n) is 8.34. The summed E-state index contributed by atoms with van der Waals surface area (Å²) in [5, 5.41) is 8.76. The number of nitriles is 1. The lowest BCUT2D eigenvalue weighted by atomic mass is 9.99. The van der Waals surface area contributed by atoms with Crippen molar-refractivity contribution < 1.29 is 17.6 Å². The van der Waals surface area contributed by atoms with E-state index >= 15 is 0 Å². The van der Waals surface area contributed by atoms with Crippen LogP contribution in [0.4, 0.5) is 17.6 Å². The van der Waals surface area contributed by atoms with Crippen LogP contribution in [0.3, 0.4) is 0 Å². The summed E-state index contributed by atoms with van der Waals surface area (Å²) in [6.07, 6.45) is 9.06. The molecule has 0 radical (unpaired) electrons. The van der Waals surface area contributed by atoms with Crippen molar-refractivity contribution in [3.8, 4) is 17.2 Å². The predicted molar refractivity (Wildman–Crippen MR) is 123 cm³/mol. The Morgan fingerprint density at radius 2 is 1.12 bits per heavy atom. The van der Waals surface area contributed by atoms with E-state index in [-0.39, 0.29) is 11.1 Å². The molecule has 0 amide bonds. The lowest BCUT2D eigenvalue weighted by molar-refractivity contribution is 0.509. The van der Waals surface area contributed by atoms with Gasteiger partial charge >= 0.3 is 0 Å². The van der Waals surface area contributed by atoms with Gasteiger partial charge in [0.1, 0.15) is 17.7 Å². The van der Waals surface area contributed by atoms with Gasteiger partial charge in [-0.05, 0) is 72.7 Å². The third kappa shape index (κ3) is 7.18. The van der Waals surface area contributed by atoms with Gasteiger partial charge in [-0.15, -0.1) is 0 Å². The van der Waals surface area contributed by atoms with Gasteiger partial charge in [-0.2, -0.15) is 5.26 Å². The van der Waals surface area contributed by atoms with E-state index < -0.39 is 23.3 Å². The normalized spacial score (nSPS) is 10.9. The van der Waals surface area contributed by atoms with E-state index in [2.05, 4.69) is 0 Å². The van der Waals surface area contributed by atoms with Crippen molar-refractivity contribution in [2.45, 2.75) is 57.8 Å². The van der Waals surface area contributed by atoms with Gasteiger partial charge in [0.2, 0.25) is 0 Å². The Balaban J connectivity index is 1.31. The monoisotopic (exact) mass is 453 g/mol. The Hall–Kier alpha value is -3.13. The fourth-order valence-corrected chi connectivity index (χ4v) is 3.96. The molecule has 0 aliphatic heterocycles. The van der Waals surface area contributed by atoms with Crippen molar-refractivity contribution in [2.75, 3.05) is 0 Å². The first-order chi connectivity index (χ1) is 16.0. The molecule has 3 rings (SSSR count). The average Bonchev–Trinajstić information content (AvgIpc) is 2.80. The highest BCUT2D eigenvalue weighted by Crippen LogP contribution is 2.26. The van der Waals surface area contributed by atoms with Crippen LogP contribution in [0.15, 0.2) is 54.6 Å². The highest BCUT2D eigenvalue weighted by atomic mass is 19.2. The molecule has 0 unspecified atom stereocenters. The first-order valence-corrected chi connectivity index (χ1v) is 11.4. The van der Waals surface area contributed by atoms with Gasteiger partial charge < -0.3 is 0 Å². The van der Waals surface area contributed by atoms with Crippen LogP contribution in [0.1, 0.15) is 61.6 Å². The minimum Gasteiger partial charge on any atom is -0.206 e. The van der Waals surface area contributed by atoms with Gasteiger partial charge in [0.05, 0.1) is 5.56 Å². The Morgan fingerprint density at radius 3 is 1.67 bits per heavy atom. The second-order valence-corrected chi connectivity index (χ2v) is 8.34. The highest BCUT2D eigenvalue weighted by molar-refractivity contribution is 5.64. The number of aryl methyl sites for hydroxylation is 2. The summed E-state index contributed by atoms with van der Waals surface area (Å²) in [7, 11) is 0. The smallest absolute Gasteiger partial charge is 0.159 e. The molecule has 3 aromatic rings. The first kappa shape index (κ1) is 24.5. The third-order valence-corrected chi connectivity index (χ3v) is 5.85. The number of unbranched alkanes of at least 4 members (excludes halogenated alkanes) is 6. The van der Waals surface area contributed by atoms with E-state index in [0.29, 0.717) is 5.56 Å². The zero-order chi connectivity index (χ0) is 23.6. The molecule has 0 fully saturated rings. The SMILES string of the molecule is N#Cc1ccc(CCCCCCCCCc2ccc(-c3ccc(F)c(F)c3)c(F)c2)cc1F. The minimum atomic E-state index is -0.987. The fraction of sp³-hybridized carbons (Fsp3) is 0.321. The van der Waals surface area contributed by atoms with E-state index in [1.807, 2.05) is 18.2 Å². The standard InChI is InChI=1S/C28H27F4N/c29-25-15-13-22(18-28(25)32)24-14-11-21(17-27(24)31)9-7-5-3-1-2-4-6-8-20-10-12-23(19-33)26(30)16-20/h10-18H,1-9H2. The van der Waals surface area contributed by atoms with Gasteiger partial charge in [-0.25, -0.2) is 17.6 Å². The van der Waals surface area contributed by atoms with Crippen LogP contribution in [-0.2, 0) is 12.8 Å². The molecule has 33 heavy (non-hydrogen) atoms. The zero-order valence-electron chi connectivity index (χ0n) is 18.5. The van der Waals surface area contributed by atoms with E-state index in [9.17, 15) is 17.6 Å². The van der Waals surface area contributed by atoms with Crippen molar-refractivity contribution in [1.82, 2.24) is 0 Å². The summed E-state index contributed by atoms with van der Waals surface area (Å²) >= 11 is 0. The molecule has 1 nitrogen and oxygen atoms in total. The van der Waals surface area contributed by atoms with E-state index in [4.69, 9.17) is 5.26 Å². The van der Waals surface area contributed by atoms with Gasteiger partial charge in [0.25, 0.3) is 0 Å². The summed E-state index contributed by atoms with van der Waals surface area (Å²) in [6.45, 7) is 0. The van der Waals surface area contributed by atoms with Crippen LogP contribution >= 0.6 is 0 Å². The molecule has 3 aromatic carbocycles. The summed E-state index contributed by atoms with van der Waals surface area (Å²) in [5.41, 5.74) is 2.49. The summed E-state index contributed by atoms with van der Waals surface area (Å²) in [4.78, 5) is 0. The van der Waals surface area contributed by atoms with Crippen molar-refractivity contribution in [3.05, 3.63) is 94.6 Å². The van der Waals surface area contributed by atoms with Gasteiger partial charge in [-0.3, -0.25) is 0 Å². The predicted octanol–water partition coefficient (Wildman–Crippen LogP) is 8.30. The molecule has 0 N–H and O–H groups in total. The quantitative estimate of drug-likeness (QED) is 0.212. The number of hydrogen-bond acceptors (Lipinski definition) is 1. The summed E-state index contributed by atoms with van der Waals surface area (Å²) in [5.74, 6) is -2.81. The molecule has 0 heterocycles. The molecular weight excluding hydrogens is 426 g/mol.